The first-order valence-corrected chi connectivity index (χ1v) is 47.2. The molecule has 3 aromatic rings. The van der Waals surface area contributed by atoms with E-state index in [1.807, 2.05) is 6.20 Å². The number of aryl methyl sites for hydroxylation is 1. The molecule has 3 aliphatic carbocycles. The lowest BCUT2D eigenvalue weighted by Crippen LogP contribution is -2.81. The van der Waals surface area contributed by atoms with Crippen LogP contribution in [-0.2, 0) is 146 Å². The molecule has 22 atom stereocenters. The summed E-state index contributed by atoms with van der Waals surface area (Å²) < 4.78 is 123. The van der Waals surface area contributed by atoms with Crippen LogP contribution in [0.3, 0.4) is 0 Å². The molecule has 46 nitrogen and oxygen atoms in total. The maximum Gasteiger partial charge on any atom is 0.408 e. The number of ketones is 1. The van der Waals surface area contributed by atoms with Gasteiger partial charge in [0.1, 0.15) is 116 Å². The van der Waals surface area contributed by atoms with Gasteiger partial charge in [0, 0.05) is 78.1 Å². The highest BCUT2D eigenvalue weighted by molar-refractivity contribution is 5.94. The Morgan fingerprint density at radius 3 is 1.92 bits per heavy atom. The molecule has 3 saturated heterocycles. The second kappa shape index (κ2) is 55.7. The number of amides is 4. The van der Waals surface area contributed by atoms with E-state index >= 15 is 9.59 Å². The fourth-order valence-electron chi connectivity index (χ4n) is 18.2. The number of hydrogen-bond acceptors (Lipinski definition) is 41. The number of nitrogens with one attached hydrogen (secondary N) is 4. The van der Waals surface area contributed by atoms with E-state index in [9.17, 15) is 79.2 Å². The van der Waals surface area contributed by atoms with E-state index in [0.717, 1.165) is 25.5 Å². The molecule has 786 valence electrons. The number of nitrogens with zero attached hydrogens (tertiary/aromatic N) is 3. The number of fused-ring (bicyclic) bond motifs is 5. The maximum absolute atomic E-state index is 15.4. The van der Waals surface area contributed by atoms with E-state index in [0.29, 0.717) is 51.8 Å². The van der Waals surface area contributed by atoms with Crippen LogP contribution in [0.5, 0.6) is 0 Å². The van der Waals surface area contributed by atoms with Crippen molar-refractivity contribution in [3.05, 3.63) is 94.8 Å². The molecule has 2 aromatic carbocycles. The zero-order valence-corrected chi connectivity index (χ0v) is 81.2. The van der Waals surface area contributed by atoms with Crippen LogP contribution in [0.25, 0.3) is 0 Å². The minimum atomic E-state index is -2.52. The summed E-state index contributed by atoms with van der Waals surface area (Å²) in [5, 5.41) is 109. The van der Waals surface area contributed by atoms with Gasteiger partial charge in [-0.15, -0.1) is 5.10 Å². The van der Waals surface area contributed by atoms with E-state index in [1.54, 1.807) is 68.8 Å². The Morgan fingerprint density at radius 1 is 0.650 bits per heavy atom. The Labute approximate surface area is 811 Å². The van der Waals surface area contributed by atoms with Crippen LogP contribution in [0.4, 0.5) is 9.59 Å². The summed E-state index contributed by atoms with van der Waals surface area (Å²) in [5.41, 5.74) is -8.58. The molecular weight excluding hydrogens is 1850 g/mol. The van der Waals surface area contributed by atoms with Crippen molar-refractivity contribution in [3.63, 3.8) is 0 Å². The van der Waals surface area contributed by atoms with Crippen LogP contribution in [0.2, 0.25) is 0 Å². The average Bonchev–Trinajstić information content (AvgIpc) is 0.669. The highest BCUT2D eigenvalue weighted by Crippen LogP contribution is 2.64. The van der Waals surface area contributed by atoms with Gasteiger partial charge in [-0.3, -0.25) is 23.9 Å². The predicted octanol–water partition coefficient (Wildman–Crippen LogP) is 0.331. The molecule has 4 amide bonds. The molecule has 3 aliphatic heterocycles. The number of carbonyl (C=O) groups excluding carboxylic acids is 10. The van der Waals surface area contributed by atoms with Crippen molar-refractivity contribution in [1.82, 2.24) is 36.3 Å². The Balaban J connectivity index is 0.644. The van der Waals surface area contributed by atoms with Gasteiger partial charge in [0.25, 0.3) is 0 Å². The van der Waals surface area contributed by atoms with Gasteiger partial charge in [-0.2, -0.15) is 0 Å². The topological polar surface area (TPSA) is 605 Å². The molecule has 12 N–H and O–H groups in total. The molecule has 46 heteroatoms. The zero-order valence-electron chi connectivity index (χ0n) is 81.2. The number of aliphatic hydroxyl groups is 8. The molecule has 4 unspecified atom stereocenters. The SMILES string of the molecule is CCOC(=O)[C@H](CCCCNC(=O)CCCCCn1cc(CCOCCOCCOCCNC(=O)COCC(=O)O[C@@H](C(=O)O[C@H]2C[C@@]3(O)[C@@H](OC(=O)c4ccccc4)[C@@H]4[C@]5(OC(C)=O)CO[C@@H]5C[C@H](O)[C@@]4(C)C(=O)[C@H](O)C(=C2C)C3(C)C)[C@@H](NC(=O)OC(C)(C)C)c2ccccc2)nn1)NC(=O)OCCOCC1O[C@H](OC)C(O)[C@@H](OCCO)[C@@H]1O[C@H]1OC(COCCO)[C@@H](OC)[C@H](OCCO)C1O. The minimum absolute atomic E-state index is 0.00769. The summed E-state index contributed by atoms with van der Waals surface area (Å²) in [6.45, 7) is 11.1. The third-order valence-electron chi connectivity index (χ3n) is 25.1. The number of esters is 5. The molecule has 9 rings (SSSR count). The molecule has 1 aromatic heterocycles. The number of alkyl carbamates (subject to hydrolysis) is 2. The summed E-state index contributed by atoms with van der Waals surface area (Å²) in [4.78, 5) is 138. The predicted molar refractivity (Wildman–Crippen MR) is 482 cm³/mol. The monoisotopic (exact) mass is 1990 g/mol. The summed E-state index contributed by atoms with van der Waals surface area (Å²) in [7, 11) is 2.65. The van der Waals surface area contributed by atoms with Crippen LogP contribution < -0.4 is 21.3 Å². The second-order valence-electron chi connectivity index (χ2n) is 36.3. The van der Waals surface area contributed by atoms with E-state index in [1.165, 1.54) is 66.2 Å². The van der Waals surface area contributed by atoms with Crippen molar-refractivity contribution >= 4 is 59.6 Å². The van der Waals surface area contributed by atoms with Gasteiger partial charge in [-0.25, -0.2) is 28.8 Å². The number of aliphatic hydroxyl groups excluding tert-OH is 7. The Hall–Kier alpha value is -9.06. The van der Waals surface area contributed by atoms with Gasteiger partial charge in [-0.05, 0) is 102 Å². The first-order chi connectivity index (χ1) is 66.9. The van der Waals surface area contributed by atoms with Crippen molar-refractivity contribution in [3.8, 4) is 0 Å². The average molecular weight is 1990 g/mol. The number of unbranched alkanes of at least 4 members (excludes halogenated alkanes) is 3. The van der Waals surface area contributed by atoms with Crippen molar-refractivity contribution in [2.24, 2.45) is 16.7 Å². The second-order valence-corrected chi connectivity index (χ2v) is 36.3. The number of methoxy groups -OCH3 is 2. The summed E-state index contributed by atoms with van der Waals surface area (Å²) in [6, 6.07) is 12.8. The van der Waals surface area contributed by atoms with Gasteiger partial charge in [0.05, 0.1) is 141 Å². The lowest BCUT2D eigenvalue weighted by Gasteiger charge is -2.67. The molecule has 0 radical (unpaired) electrons. The highest BCUT2D eigenvalue weighted by Gasteiger charge is 2.78. The molecular formula is C94H141N7O39. The van der Waals surface area contributed by atoms with Crippen molar-refractivity contribution in [2.45, 2.75) is 260 Å². The number of benzene rings is 2. The number of ether oxygens (including phenoxy) is 21. The van der Waals surface area contributed by atoms with Crippen LogP contribution >= 0.6 is 0 Å². The standard InChI is InChI=1S/C94H141N7O39/c1-12-128-84(115)61(97-88(117)131-47-46-126-52-64-76(79(130-41-36-104)73(111)86(121-11)134-64)137-87-74(112)78(129-40-35-103)75(120-10)63(135-87)51-125-39-34-102)28-21-22-31-95-67(107)29-20-15-23-33-101-50-60(99-100-101)30-37-122-42-44-124-45-43-123-38-32-96-68(108)53-127-54-69(109)136-77(71(58-24-16-13-17-25-58)98-89(118)140-90(4,5)6)85(116)133-62-49-94(119)82(138-83(114)59-26-18-14-19-27-59)80-92(9,81(113)72(110)70(56(62)2)91(94,7)8)65(106)48-66-93(80,55-132-66)139-57(3)105/h13-14,16-19,24-27,50,61-66,71-80,82,86-87,102-104,106,110-112,119H,12,15,20-23,28-49,51-55H2,1-11H3,(H,95,107)(H,96,108)(H,97,117)(H,98,118)/t61-,62-,63?,64?,65-,66+,71-,72+,73?,74?,75+,76+,77+,78+,79+,80-,82-,86-,87+,92+,93-,94+/m0/s1. The molecule has 0 spiro atoms. The lowest BCUT2D eigenvalue weighted by molar-refractivity contribution is -0.365. The largest absolute Gasteiger partial charge is 0.464 e. The van der Waals surface area contributed by atoms with Crippen LogP contribution in [-0.4, -0.2) is 396 Å². The Morgan fingerprint density at radius 2 is 1.28 bits per heavy atom. The normalized spacial score (nSPS) is 27.6. The van der Waals surface area contributed by atoms with Crippen molar-refractivity contribution < 1.29 is 188 Å². The lowest BCUT2D eigenvalue weighted by atomic mass is 9.44. The highest BCUT2D eigenvalue weighted by atomic mass is 16.8. The maximum atomic E-state index is 15.4. The van der Waals surface area contributed by atoms with E-state index in [2.05, 4.69) is 31.6 Å². The third kappa shape index (κ3) is 31.0. The van der Waals surface area contributed by atoms with Gasteiger partial charge >= 0.3 is 42.0 Å². The summed E-state index contributed by atoms with van der Waals surface area (Å²) >= 11 is 0. The van der Waals surface area contributed by atoms with Gasteiger partial charge in [0.2, 0.25) is 17.9 Å². The molecule has 5 fully saturated rings. The number of aromatic nitrogens is 3. The Kier molecular flexibility index (Phi) is 45.6. The molecule has 2 saturated carbocycles. The third-order valence-corrected chi connectivity index (χ3v) is 25.1. The van der Waals surface area contributed by atoms with Gasteiger partial charge in [-0.1, -0.05) is 74.0 Å². The number of rotatable bonds is 58. The first-order valence-electron chi connectivity index (χ1n) is 47.2. The fourth-order valence-corrected chi connectivity index (χ4v) is 18.2. The molecule has 2 bridgehead atoms. The quantitative estimate of drug-likeness (QED) is 0.0157. The molecule has 6 aliphatic rings. The van der Waals surface area contributed by atoms with E-state index < -0.39 is 224 Å². The molecule has 140 heavy (non-hydrogen) atoms. The van der Waals surface area contributed by atoms with Crippen molar-refractivity contribution in [1.29, 1.82) is 0 Å². The first kappa shape index (κ1) is 115. The number of carbonyl (C=O) groups is 10. The van der Waals surface area contributed by atoms with Crippen LogP contribution in [0, 0.1) is 16.7 Å². The molecule has 4 heterocycles. The minimum Gasteiger partial charge on any atom is -0.464 e. The van der Waals surface area contributed by atoms with Gasteiger partial charge < -0.3 is 162 Å². The van der Waals surface area contributed by atoms with Crippen molar-refractivity contribution in [2.75, 3.05) is 159 Å². The van der Waals surface area contributed by atoms with Crippen LogP contribution in [0.15, 0.2) is 78.0 Å². The van der Waals surface area contributed by atoms with Gasteiger partial charge in [0.15, 0.2) is 24.0 Å². The fraction of sp³-hybridized carbons (Fsp3) is 0.723. The zero-order chi connectivity index (χ0) is 102. The smallest absolute Gasteiger partial charge is 0.408 e. The van der Waals surface area contributed by atoms with E-state index in [4.69, 9.17) is 99.5 Å². The summed E-state index contributed by atoms with van der Waals surface area (Å²) in [6.07, 6.45) is -20.2. The van der Waals surface area contributed by atoms with E-state index in [-0.39, 0.29) is 153 Å². The summed E-state index contributed by atoms with van der Waals surface area (Å²) in [5.74, 6) is -8.54. The number of hydrogen-bond donors (Lipinski definition) is 12. The van der Waals surface area contributed by atoms with Crippen LogP contribution in [0.1, 0.15) is 148 Å². The number of Topliss-reactive ketones (excluding diaryl/α,β-unsaturated/α-hetero) is 1. The Bertz CT molecular complexity index is 4430.